The molecule has 130 valence electrons. The molecular formula is C18H30N2O3. The van der Waals surface area contributed by atoms with Crippen LogP contribution < -0.4 is 0 Å². The predicted octanol–water partition coefficient (Wildman–Crippen LogP) is 2.76. The van der Waals surface area contributed by atoms with Crippen LogP contribution in [-0.2, 0) is 20.8 Å². The van der Waals surface area contributed by atoms with Crippen molar-refractivity contribution in [3.63, 3.8) is 0 Å². The Morgan fingerprint density at radius 2 is 2.04 bits per heavy atom. The molecule has 0 radical (unpaired) electrons. The molecule has 5 heteroatoms. The first-order chi connectivity index (χ1) is 11.0. The quantitative estimate of drug-likeness (QED) is 0.772. The fourth-order valence-electron chi connectivity index (χ4n) is 2.62. The van der Waals surface area contributed by atoms with Crippen LogP contribution in [0.5, 0.6) is 0 Å². The zero-order valence-corrected chi connectivity index (χ0v) is 15.0. The van der Waals surface area contributed by atoms with Crippen molar-refractivity contribution in [1.82, 2.24) is 9.88 Å². The third kappa shape index (κ3) is 5.53. The smallest absolute Gasteiger partial charge is 0.104 e. The average Bonchev–Trinajstić information content (AvgIpc) is 2.53. The Bertz CT molecular complexity index is 485. The fourth-order valence-corrected chi connectivity index (χ4v) is 2.62. The van der Waals surface area contributed by atoms with E-state index < -0.39 is 0 Å². The Morgan fingerprint density at radius 1 is 1.26 bits per heavy atom. The highest BCUT2D eigenvalue weighted by Gasteiger charge is 2.19. The predicted molar refractivity (Wildman–Crippen MR) is 90.6 cm³/mol. The highest BCUT2D eigenvalue weighted by Crippen LogP contribution is 2.24. The van der Waals surface area contributed by atoms with Crippen LogP contribution in [0.3, 0.4) is 0 Å². The average molecular weight is 322 g/mol. The second kappa shape index (κ2) is 8.73. The first kappa shape index (κ1) is 18.3. The van der Waals surface area contributed by atoms with Crippen molar-refractivity contribution < 1.29 is 14.2 Å². The molecule has 2 heterocycles. The van der Waals surface area contributed by atoms with Crippen LogP contribution in [0.25, 0.3) is 0 Å². The maximum absolute atomic E-state index is 6.03. The molecule has 0 unspecified atom stereocenters. The van der Waals surface area contributed by atoms with Crippen molar-refractivity contribution in [3.05, 3.63) is 29.1 Å². The lowest BCUT2D eigenvalue weighted by Crippen LogP contribution is -2.32. The van der Waals surface area contributed by atoms with Gasteiger partial charge in [0.15, 0.2) is 0 Å². The standard InChI is InChI=1S/C18H30N2O3/c1-13(2)17-7-6-16(18(19-17)10-20(4)5)14(3)23-12-15-11-21-8-9-22-15/h6-7,13-15H,8-12H2,1-5H3/t14-,15+/m0/s1. The molecule has 0 saturated carbocycles. The molecule has 0 bridgehead atoms. The van der Waals surface area contributed by atoms with Crippen LogP contribution in [0, 0.1) is 0 Å². The SMILES string of the molecule is CC(C)c1ccc([C@H](C)OC[C@H]2COCCO2)c(CN(C)C)n1. The Morgan fingerprint density at radius 3 is 2.65 bits per heavy atom. The molecule has 1 aliphatic heterocycles. The molecule has 1 fully saturated rings. The first-order valence-electron chi connectivity index (χ1n) is 8.42. The number of pyridine rings is 1. The van der Waals surface area contributed by atoms with E-state index in [4.69, 9.17) is 19.2 Å². The minimum Gasteiger partial charge on any atom is -0.376 e. The molecule has 0 N–H and O–H groups in total. The summed E-state index contributed by atoms with van der Waals surface area (Å²) < 4.78 is 17.1. The van der Waals surface area contributed by atoms with E-state index in [1.165, 1.54) is 0 Å². The third-order valence-electron chi connectivity index (χ3n) is 3.94. The Labute approximate surface area is 139 Å². The maximum atomic E-state index is 6.03. The second-order valence-corrected chi connectivity index (χ2v) is 6.71. The van der Waals surface area contributed by atoms with Gasteiger partial charge >= 0.3 is 0 Å². The normalized spacial score (nSPS) is 20.2. The summed E-state index contributed by atoms with van der Waals surface area (Å²) in [5.41, 5.74) is 3.37. The lowest BCUT2D eigenvalue weighted by molar-refractivity contribution is -0.123. The lowest BCUT2D eigenvalue weighted by atomic mass is 10.0. The lowest BCUT2D eigenvalue weighted by Gasteiger charge is -2.25. The van der Waals surface area contributed by atoms with Gasteiger partial charge in [0, 0.05) is 17.8 Å². The van der Waals surface area contributed by atoms with Crippen LogP contribution in [0.1, 0.15) is 49.7 Å². The van der Waals surface area contributed by atoms with E-state index in [0.29, 0.717) is 32.3 Å². The number of aromatic nitrogens is 1. The van der Waals surface area contributed by atoms with Gasteiger partial charge < -0.3 is 19.1 Å². The van der Waals surface area contributed by atoms with Crippen LogP contribution in [-0.4, -0.2) is 56.5 Å². The van der Waals surface area contributed by atoms with Crippen molar-refractivity contribution in [3.8, 4) is 0 Å². The summed E-state index contributed by atoms with van der Waals surface area (Å²) in [5.74, 6) is 0.425. The van der Waals surface area contributed by atoms with Crippen molar-refractivity contribution in [2.45, 2.75) is 45.4 Å². The molecule has 2 rings (SSSR count). The van der Waals surface area contributed by atoms with Crippen LogP contribution in [0.4, 0.5) is 0 Å². The van der Waals surface area contributed by atoms with E-state index in [9.17, 15) is 0 Å². The maximum Gasteiger partial charge on any atom is 0.104 e. The molecule has 5 nitrogen and oxygen atoms in total. The molecule has 1 aliphatic rings. The summed E-state index contributed by atoms with van der Waals surface area (Å²) in [6, 6.07) is 4.27. The van der Waals surface area contributed by atoms with Crippen molar-refractivity contribution in [1.29, 1.82) is 0 Å². The zero-order valence-electron chi connectivity index (χ0n) is 15.0. The van der Waals surface area contributed by atoms with E-state index >= 15 is 0 Å². The zero-order chi connectivity index (χ0) is 16.8. The number of nitrogens with zero attached hydrogens (tertiary/aromatic N) is 2. The molecule has 0 aliphatic carbocycles. The summed E-state index contributed by atoms with van der Waals surface area (Å²) >= 11 is 0. The van der Waals surface area contributed by atoms with E-state index in [1.807, 2.05) is 0 Å². The van der Waals surface area contributed by atoms with Gasteiger partial charge in [-0.25, -0.2) is 0 Å². The molecule has 0 amide bonds. The van der Waals surface area contributed by atoms with Gasteiger partial charge in [-0.3, -0.25) is 4.98 Å². The molecule has 1 aromatic heterocycles. The summed E-state index contributed by atoms with van der Waals surface area (Å²) in [6.07, 6.45) is 0.0237. The van der Waals surface area contributed by atoms with Crippen molar-refractivity contribution >= 4 is 0 Å². The molecular weight excluding hydrogens is 292 g/mol. The Kier molecular flexibility index (Phi) is 6.96. The molecule has 2 atom stereocenters. The van der Waals surface area contributed by atoms with Gasteiger partial charge in [0.2, 0.25) is 0 Å². The first-order valence-corrected chi connectivity index (χ1v) is 8.42. The van der Waals surface area contributed by atoms with Gasteiger partial charge in [-0.2, -0.15) is 0 Å². The fraction of sp³-hybridized carbons (Fsp3) is 0.722. The number of ether oxygens (including phenoxy) is 3. The third-order valence-corrected chi connectivity index (χ3v) is 3.94. The summed E-state index contributed by atoms with van der Waals surface area (Å²) in [6.45, 7) is 9.72. The van der Waals surface area contributed by atoms with Gasteiger partial charge in [0.25, 0.3) is 0 Å². The molecule has 0 spiro atoms. The minimum atomic E-state index is -0.0100. The van der Waals surface area contributed by atoms with Crippen LogP contribution in [0.15, 0.2) is 12.1 Å². The van der Waals surface area contributed by atoms with Gasteiger partial charge in [-0.05, 0) is 33.0 Å². The molecule has 1 saturated heterocycles. The minimum absolute atomic E-state index is 0.0100. The second-order valence-electron chi connectivity index (χ2n) is 6.71. The topological polar surface area (TPSA) is 43.8 Å². The molecule has 23 heavy (non-hydrogen) atoms. The van der Waals surface area contributed by atoms with E-state index in [2.05, 4.69) is 51.9 Å². The van der Waals surface area contributed by atoms with Gasteiger partial charge in [-0.1, -0.05) is 19.9 Å². The highest BCUT2D eigenvalue weighted by atomic mass is 16.6. The van der Waals surface area contributed by atoms with E-state index in [0.717, 1.165) is 23.5 Å². The highest BCUT2D eigenvalue weighted by molar-refractivity contribution is 5.26. The number of hydrogen-bond donors (Lipinski definition) is 0. The van der Waals surface area contributed by atoms with Crippen LogP contribution >= 0.6 is 0 Å². The van der Waals surface area contributed by atoms with Crippen LogP contribution in [0.2, 0.25) is 0 Å². The van der Waals surface area contributed by atoms with E-state index in [-0.39, 0.29) is 12.2 Å². The van der Waals surface area contributed by atoms with Gasteiger partial charge in [-0.15, -0.1) is 0 Å². The Hall–Kier alpha value is -1.01. The van der Waals surface area contributed by atoms with Gasteiger partial charge in [0.05, 0.1) is 38.2 Å². The number of rotatable bonds is 7. The Balaban J connectivity index is 2.06. The van der Waals surface area contributed by atoms with Gasteiger partial charge in [0.1, 0.15) is 6.10 Å². The summed E-state index contributed by atoms with van der Waals surface area (Å²) in [5, 5.41) is 0. The van der Waals surface area contributed by atoms with E-state index in [1.54, 1.807) is 0 Å². The molecule has 1 aromatic rings. The molecule has 0 aromatic carbocycles. The van der Waals surface area contributed by atoms with Crippen molar-refractivity contribution in [2.75, 3.05) is 40.5 Å². The largest absolute Gasteiger partial charge is 0.376 e. The summed E-state index contributed by atoms with van der Waals surface area (Å²) in [7, 11) is 4.12. The van der Waals surface area contributed by atoms with Crippen molar-refractivity contribution in [2.24, 2.45) is 0 Å². The summed E-state index contributed by atoms with van der Waals surface area (Å²) in [4.78, 5) is 6.99. The monoisotopic (exact) mass is 322 g/mol. The number of hydrogen-bond acceptors (Lipinski definition) is 5.